The molecule has 0 radical (unpaired) electrons. The Morgan fingerprint density at radius 3 is 0.591 bits per heavy atom. The molecule has 0 spiro atoms. The van der Waals surface area contributed by atoms with Gasteiger partial charge in [0.15, 0.2) is 0 Å². The molecule has 4 heteroatoms. The van der Waals surface area contributed by atoms with Crippen LogP contribution in [-0.4, -0.2) is 73.5 Å². The van der Waals surface area contributed by atoms with Crippen LogP contribution >= 0.6 is 0 Å². The van der Waals surface area contributed by atoms with Gasteiger partial charge in [-0.15, -0.1) is 0 Å². The van der Waals surface area contributed by atoms with E-state index < -0.39 is 73.5 Å². The molecule has 0 aliphatic heterocycles. The molecule has 22 heavy (non-hydrogen) atoms. The molecule has 1 rings (SSSR count). The van der Waals surface area contributed by atoms with Gasteiger partial charge in [-0.1, -0.05) is 0 Å². The predicted molar refractivity (Wildman–Crippen MR) is 118 cm³/mol. The summed E-state index contributed by atoms with van der Waals surface area (Å²) in [5, 5.41) is 0. The van der Waals surface area contributed by atoms with E-state index in [9.17, 15) is 0 Å². The van der Waals surface area contributed by atoms with Gasteiger partial charge in [0.1, 0.15) is 0 Å². The third kappa shape index (κ3) is 5.71. The number of hydrogen-bond donors (Lipinski definition) is 0. The number of rotatable bonds is 4. The second kappa shape index (κ2) is 7.20. The van der Waals surface area contributed by atoms with E-state index in [4.69, 9.17) is 0 Å². The molecule has 0 atom stereocenters. The van der Waals surface area contributed by atoms with Gasteiger partial charge in [-0.25, -0.2) is 0 Å². The molecule has 0 fully saturated rings. The molecule has 0 saturated heterocycles. The molecule has 126 valence electrons. The summed E-state index contributed by atoms with van der Waals surface area (Å²) in [5.41, 5.74) is 0. The first-order chi connectivity index (χ1) is 9.45. The summed E-state index contributed by atoms with van der Waals surface area (Å²) in [7, 11) is 0. The van der Waals surface area contributed by atoms with Crippen LogP contribution in [0, 0.1) is 0 Å². The number of hydrogen-bond acceptors (Lipinski definition) is 0. The molecular weight excluding hydrogens is 691 g/mol. The van der Waals surface area contributed by atoms with Crippen molar-refractivity contribution < 1.29 is 0 Å². The van der Waals surface area contributed by atoms with Crippen molar-refractivity contribution in [2.75, 3.05) is 0 Å². The maximum absolute atomic E-state index is 2.79. The summed E-state index contributed by atoms with van der Waals surface area (Å²) in [6.07, 6.45) is 0. The fraction of sp³-hybridized carbons (Fsp3) is 0.667. The quantitative estimate of drug-likeness (QED) is 0.414. The van der Waals surface area contributed by atoms with Crippen molar-refractivity contribution in [3.8, 4) is 0 Å². The van der Waals surface area contributed by atoms with Gasteiger partial charge < -0.3 is 0 Å². The Bertz CT molecular complexity index is 448. The normalized spacial score (nSPS) is 14.4. The van der Waals surface area contributed by atoms with Crippen LogP contribution in [0.2, 0.25) is 59.3 Å². The number of benzene rings is 1. The van der Waals surface area contributed by atoms with E-state index in [1.54, 1.807) is 0 Å². The van der Waals surface area contributed by atoms with E-state index in [1.165, 1.54) is 0 Å². The van der Waals surface area contributed by atoms with Crippen LogP contribution in [0.1, 0.15) is 0 Å². The molecule has 0 N–H and O–H groups in total. The summed E-state index contributed by atoms with van der Waals surface area (Å²) in [6.45, 7) is 0. The van der Waals surface area contributed by atoms with Crippen LogP contribution in [0.4, 0.5) is 0 Å². The van der Waals surface area contributed by atoms with Crippen molar-refractivity contribution >= 4 is 87.8 Å². The average molecular weight is 729 g/mol. The van der Waals surface area contributed by atoms with Crippen molar-refractivity contribution in [3.05, 3.63) is 12.1 Å². The second-order valence-corrected chi connectivity index (χ2v) is 68.5. The summed E-state index contributed by atoms with van der Waals surface area (Å²) >= 11 is -8.25. The van der Waals surface area contributed by atoms with E-state index in [-0.39, 0.29) is 0 Å². The Labute approximate surface area is 156 Å². The zero-order valence-electron chi connectivity index (χ0n) is 17.2. The summed E-state index contributed by atoms with van der Waals surface area (Å²) in [4.78, 5) is 31.4. The molecular formula is C18H38Sn4. The fourth-order valence-electron chi connectivity index (χ4n) is 3.08. The fourth-order valence-corrected chi connectivity index (χ4v) is 50.8. The van der Waals surface area contributed by atoms with Crippen LogP contribution in [0.5, 0.6) is 0 Å². The van der Waals surface area contributed by atoms with Gasteiger partial charge >= 0.3 is 159 Å². The molecule has 0 saturated carbocycles. The topological polar surface area (TPSA) is 0 Å². The first-order valence-electron chi connectivity index (χ1n) is 8.65. The minimum atomic E-state index is -2.06. The van der Waals surface area contributed by atoms with Gasteiger partial charge in [-0.2, -0.15) is 0 Å². The van der Waals surface area contributed by atoms with E-state index in [2.05, 4.69) is 71.4 Å². The van der Waals surface area contributed by atoms with E-state index in [0.717, 1.165) is 0 Å². The SMILES string of the molecule is [CH3][Sn]([CH3])([CH3])[c]1c[c]([Sn]([CH3])([CH3])[CH3])[c]([Sn]([CH3])([CH3])[CH3])c[c]1[Sn]([CH3])([CH3])[CH3]. The van der Waals surface area contributed by atoms with Gasteiger partial charge in [0.2, 0.25) is 0 Å². The Kier molecular flexibility index (Phi) is 7.35. The Morgan fingerprint density at radius 2 is 0.500 bits per heavy atom. The van der Waals surface area contributed by atoms with Gasteiger partial charge in [0, 0.05) is 0 Å². The molecule has 1 aromatic carbocycles. The van der Waals surface area contributed by atoms with Crippen LogP contribution in [-0.2, 0) is 0 Å². The molecule has 0 bridgehead atoms. The zero-order valence-corrected chi connectivity index (χ0v) is 28.6. The molecule has 0 aliphatic rings. The average Bonchev–Trinajstić information content (AvgIpc) is 2.22. The summed E-state index contributed by atoms with van der Waals surface area (Å²) in [6, 6.07) is 5.59. The van der Waals surface area contributed by atoms with E-state index >= 15 is 0 Å². The maximum atomic E-state index is 2.79. The molecule has 0 aromatic heterocycles. The molecule has 0 nitrogen and oxygen atoms in total. The van der Waals surface area contributed by atoms with Crippen molar-refractivity contribution in [2.45, 2.75) is 59.3 Å². The van der Waals surface area contributed by atoms with Crippen molar-refractivity contribution in [1.29, 1.82) is 0 Å². The van der Waals surface area contributed by atoms with Crippen molar-refractivity contribution in [3.63, 3.8) is 0 Å². The molecule has 1 aromatic rings. The van der Waals surface area contributed by atoms with Crippen molar-refractivity contribution in [2.24, 2.45) is 0 Å². The summed E-state index contributed by atoms with van der Waals surface area (Å²) < 4.78 is 7.55. The monoisotopic (exact) mass is 734 g/mol. The van der Waals surface area contributed by atoms with Crippen LogP contribution < -0.4 is 14.3 Å². The van der Waals surface area contributed by atoms with E-state index in [1.807, 2.05) is 14.3 Å². The van der Waals surface area contributed by atoms with Crippen LogP contribution in [0.25, 0.3) is 0 Å². The molecule has 0 unspecified atom stereocenters. The van der Waals surface area contributed by atoms with Gasteiger partial charge in [-0.3, -0.25) is 0 Å². The summed E-state index contributed by atoms with van der Waals surface area (Å²) in [5.74, 6) is 0. The second-order valence-electron chi connectivity index (χ2n) is 10.9. The molecule has 0 heterocycles. The van der Waals surface area contributed by atoms with E-state index in [0.29, 0.717) is 0 Å². The van der Waals surface area contributed by atoms with Crippen LogP contribution in [0.15, 0.2) is 12.1 Å². The van der Waals surface area contributed by atoms with Gasteiger partial charge in [-0.05, 0) is 0 Å². The standard InChI is InChI=1S/C6H2.12CH3.4Sn/c1-2-4-6-5-3-1;;;;;;;;;;;;;;;;/h1,6H;12*1H3;;;;. The van der Waals surface area contributed by atoms with Gasteiger partial charge in [0.25, 0.3) is 0 Å². The minimum absolute atomic E-state index is 1.89. The van der Waals surface area contributed by atoms with Crippen LogP contribution in [0.3, 0.4) is 0 Å². The molecule has 0 amide bonds. The van der Waals surface area contributed by atoms with Gasteiger partial charge in [0.05, 0.1) is 0 Å². The Morgan fingerprint density at radius 1 is 0.364 bits per heavy atom. The predicted octanol–water partition coefficient (Wildman–Crippen LogP) is 3.87. The first kappa shape index (κ1) is 22.5. The third-order valence-corrected chi connectivity index (χ3v) is 31.6. The molecule has 0 aliphatic carbocycles. The Balaban J connectivity index is 3.90. The Hall–Kier alpha value is 2.41. The third-order valence-electron chi connectivity index (χ3n) is 4.39. The van der Waals surface area contributed by atoms with Crippen molar-refractivity contribution in [1.82, 2.24) is 0 Å². The first-order valence-corrected chi connectivity index (χ1v) is 48.6. The zero-order chi connectivity index (χ0) is 17.7.